The Bertz CT molecular complexity index is 575. The van der Waals surface area contributed by atoms with Crippen LogP contribution < -0.4 is 21.2 Å². The van der Waals surface area contributed by atoms with Crippen molar-refractivity contribution >= 4 is 11.9 Å². The molecule has 0 saturated carbocycles. The minimum atomic E-state index is -0.350. The average Bonchev–Trinajstić information content (AvgIpc) is 2.55. The number of benzene rings is 2. The Balaban J connectivity index is 2.08. The molecule has 5 heteroatoms. The highest BCUT2D eigenvalue weighted by Gasteiger charge is 2.17. The highest BCUT2D eigenvalue weighted by molar-refractivity contribution is 5.89. The number of hydrogen-bond donors (Lipinski definition) is 0. The maximum Gasteiger partial charge on any atom is 0.357 e. The lowest BCUT2D eigenvalue weighted by Gasteiger charge is -1.97. The van der Waals surface area contributed by atoms with Crippen molar-refractivity contribution in [3.05, 3.63) is 66.8 Å². The summed E-state index contributed by atoms with van der Waals surface area (Å²) in [6, 6.07) is 14.8. The van der Waals surface area contributed by atoms with E-state index in [4.69, 9.17) is 0 Å². The third-order valence-electron chi connectivity index (χ3n) is 2.75. The van der Waals surface area contributed by atoms with Crippen molar-refractivity contribution in [1.29, 1.82) is 0 Å². The Morgan fingerprint density at radius 2 is 1.05 bits per heavy atom. The molecule has 0 aliphatic rings. The van der Waals surface area contributed by atoms with E-state index < -0.39 is 0 Å². The summed E-state index contributed by atoms with van der Waals surface area (Å²) in [4.78, 5) is 22.7. The van der Waals surface area contributed by atoms with Gasteiger partial charge >= 0.3 is 33.1 Å². The van der Waals surface area contributed by atoms with Crippen molar-refractivity contribution in [2.24, 2.45) is 0 Å². The first-order valence-corrected chi connectivity index (χ1v) is 8.31. The Hall–Kier alpha value is -1.89. The summed E-state index contributed by atoms with van der Waals surface area (Å²) in [5.41, 5.74) is 1.09. The molecule has 108 valence electrons. The highest BCUT2D eigenvalue weighted by Crippen LogP contribution is 2.01. The molecular formula is C16H14IO4+. The molecule has 4 nitrogen and oxygen atoms in total. The fraction of sp³-hybridized carbons (Fsp3) is 0.125. The van der Waals surface area contributed by atoms with Crippen molar-refractivity contribution in [2.45, 2.75) is 0 Å². The number of halogens is 1. The first-order chi connectivity index (χ1) is 10.1. The van der Waals surface area contributed by atoms with Crippen LogP contribution in [0.15, 0.2) is 48.5 Å². The van der Waals surface area contributed by atoms with Crippen molar-refractivity contribution in [3.63, 3.8) is 0 Å². The van der Waals surface area contributed by atoms with Gasteiger partial charge < -0.3 is 9.47 Å². The second kappa shape index (κ2) is 7.21. The Morgan fingerprint density at radius 3 is 1.33 bits per heavy atom. The molecule has 2 aromatic carbocycles. The second-order valence-corrected chi connectivity index (χ2v) is 7.12. The van der Waals surface area contributed by atoms with Crippen LogP contribution in [0.25, 0.3) is 0 Å². The van der Waals surface area contributed by atoms with Crippen LogP contribution in [0.2, 0.25) is 0 Å². The highest BCUT2D eigenvalue weighted by atomic mass is 127. The zero-order valence-corrected chi connectivity index (χ0v) is 13.8. The third kappa shape index (κ3) is 4.04. The topological polar surface area (TPSA) is 52.6 Å². The molecule has 2 rings (SSSR count). The van der Waals surface area contributed by atoms with Gasteiger partial charge in [-0.1, -0.05) is 0 Å². The van der Waals surface area contributed by atoms with Gasteiger partial charge in [0.15, 0.2) is 7.14 Å². The maximum atomic E-state index is 11.4. The zero-order chi connectivity index (χ0) is 15.2. The fourth-order valence-corrected chi connectivity index (χ4v) is 3.82. The van der Waals surface area contributed by atoms with Crippen LogP contribution in [-0.2, 0) is 9.47 Å². The lowest BCUT2D eigenvalue weighted by molar-refractivity contribution is -0.597. The van der Waals surface area contributed by atoms with Crippen molar-refractivity contribution in [3.8, 4) is 0 Å². The third-order valence-corrected chi connectivity index (χ3v) is 5.43. The monoisotopic (exact) mass is 397 g/mol. The molecule has 0 aliphatic carbocycles. The summed E-state index contributed by atoms with van der Waals surface area (Å²) >= 11 is -0.350. The molecular weight excluding hydrogens is 383 g/mol. The van der Waals surface area contributed by atoms with E-state index in [1.165, 1.54) is 21.4 Å². The van der Waals surface area contributed by atoms with Crippen LogP contribution in [0.3, 0.4) is 0 Å². The molecule has 0 fully saturated rings. The fourth-order valence-electron chi connectivity index (χ4n) is 1.66. The first-order valence-electron chi connectivity index (χ1n) is 6.15. The standard InChI is InChI=1S/C16H14IO4/c1-20-15(18)11-3-7-13(8-4-11)17-14-9-5-12(6-10-14)16(19)21-2/h3-10H,1-2H3/q+1. The summed E-state index contributed by atoms with van der Waals surface area (Å²) in [6.07, 6.45) is 0. The molecule has 0 saturated heterocycles. The van der Waals surface area contributed by atoms with Gasteiger partial charge in [0.25, 0.3) is 0 Å². The molecule has 0 bridgehead atoms. The summed E-state index contributed by atoms with van der Waals surface area (Å²) in [5.74, 6) is -0.663. The van der Waals surface area contributed by atoms with E-state index in [0.29, 0.717) is 11.1 Å². The molecule has 0 atom stereocenters. The molecule has 0 spiro atoms. The van der Waals surface area contributed by atoms with Crippen LogP contribution in [0.1, 0.15) is 20.7 Å². The molecule has 0 unspecified atom stereocenters. The van der Waals surface area contributed by atoms with Crippen molar-refractivity contribution in [2.75, 3.05) is 14.2 Å². The largest absolute Gasteiger partial charge is 0.465 e. The van der Waals surface area contributed by atoms with Crippen molar-refractivity contribution < 1.29 is 40.3 Å². The maximum absolute atomic E-state index is 11.4. The van der Waals surface area contributed by atoms with Crippen LogP contribution in [0.4, 0.5) is 0 Å². The van der Waals surface area contributed by atoms with E-state index >= 15 is 0 Å². The Labute approximate surface area is 133 Å². The number of methoxy groups -OCH3 is 2. The molecule has 0 amide bonds. The predicted molar refractivity (Wildman–Crippen MR) is 73.0 cm³/mol. The number of carbonyl (C=O) groups excluding carboxylic acids is 2. The smallest absolute Gasteiger partial charge is 0.357 e. The number of carbonyl (C=O) groups is 2. The van der Waals surface area contributed by atoms with E-state index in [2.05, 4.69) is 9.47 Å². The molecule has 2 aromatic rings. The summed E-state index contributed by atoms with van der Waals surface area (Å²) < 4.78 is 11.7. The molecule has 0 N–H and O–H groups in total. The van der Waals surface area contributed by atoms with Crippen LogP contribution in [-0.4, -0.2) is 26.2 Å². The summed E-state index contributed by atoms with van der Waals surface area (Å²) in [6.45, 7) is 0. The molecule has 0 aliphatic heterocycles. The minimum absolute atomic E-state index is 0.331. The van der Waals surface area contributed by atoms with Crippen molar-refractivity contribution in [1.82, 2.24) is 0 Å². The van der Waals surface area contributed by atoms with E-state index in [0.717, 1.165) is 0 Å². The quantitative estimate of drug-likeness (QED) is 0.511. The molecule has 0 heterocycles. The Morgan fingerprint density at radius 1 is 0.714 bits per heavy atom. The first kappa shape index (κ1) is 15.5. The van der Waals surface area contributed by atoms with Crippen LogP contribution in [0.5, 0.6) is 0 Å². The van der Waals surface area contributed by atoms with E-state index in [1.54, 1.807) is 24.3 Å². The van der Waals surface area contributed by atoms with Crippen LogP contribution in [0, 0.1) is 7.14 Å². The number of rotatable bonds is 4. The van der Waals surface area contributed by atoms with Gasteiger partial charge in [0, 0.05) is 0 Å². The van der Waals surface area contributed by atoms with Gasteiger partial charge in [-0.2, -0.15) is 0 Å². The normalized spacial score (nSPS) is 10.0. The summed E-state index contributed by atoms with van der Waals surface area (Å²) in [5, 5.41) is 0. The van der Waals surface area contributed by atoms with Gasteiger partial charge in [0.1, 0.15) is 0 Å². The molecule has 0 radical (unpaired) electrons. The molecule has 21 heavy (non-hydrogen) atoms. The lowest BCUT2D eigenvalue weighted by Crippen LogP contribution is -3.61. The number of hydrogen-bond acceptors (Lipinski definition) is 4. The number of esters is 2. The van der Waals surface area contributed by atoms with E-state index in [1.807, 2.05) is 24.3 Å². The van der Waals surface area contributed by atoms with Gasteiger partial charge in [0.05, 0.1) is 25.3 Å². The lowest BCUT2D eigenvalue weighted by atomic mass is 10.2. The number of ether oxygens (including phenoxy) is 2. The van der Waals surface area contributed by atoms with Gasteiger partial charge in [0.2, 0.25) is 0 Å². The predicted octanol–water partition coefficient (Wildman–Crippen LogP) is -0.612. The molecule has 0 aromatic heterocycles. The minimum Gasteiger partial charge on any atom is -0.465 e. The summed E-state index contributed by atoms with van der Waals surface area (Å²) in [7, 11) is 2.73. The van der Waals surface area contributed by atoms with Gasteiger partial charge in [-0.05, 0) is 48.5 Å². The van der Waals surface area contributed by atoms with Gasteiger partial charge in [-0.3, -0.25) is 0 Å². The van der Waals surface area contributed by atoms with E-state index in [9.17, 15) is 9.59 Å². The van der Waals surface area contributed by atoms with Crippen LogP contribution >= 0.6 is 0 Å². The van der Waals surface area contributed by atoms with Gasteiger partial charge in [-0.15, -0.1) is 0 Å². The zero-order valence-electron chi connectivity index (χ0n) is 11.6. The average molecular weight is 397 g/mol. The SMILES string of the molecule is COC(=O)c1ccc([I+]c2ccc(C(=O)OC)cc2)cc1. The van der Waals surface area contributed by atoms with Gasteiger partial charge in [-0.25, -0.2) is 9.59 Å². The van der Waals surface area contributed by atoms with E-state index in [-0.39, 0.29) is 33.1 Å². The second-order valence-electron chi connectivity index (χ2n) is 4.09. The Kier molecular flexibility index (Phi) is 5.32.